The van der Waals surface area contributed by atoms with Gasteiger partial charge in [-0.25, -0.2) is 8.78 Å². The van der Waals surface area contributed by atoms with E-state index in [2.05, 4.69) is 10.6 Å². The Kier molecular flexibility index (Phi) is 3.88. The summed E-state index contributed by atoms with van der Waals surface area (Å²) in [5.74, 6) is -2.20. The van der Waals surface area contributed by atoms with Crippen LogP contribution in [0.2, 0.25) is 0 Å². The SMILES string of the molecule is COC1CNC(C(=O)Nc2ccc(F)c(F)c2)C1. The first-order valence-electron chi connectivity index (χ1n) is 5.62. The van der Waals surface area contributed by atoms with Gasteiger partial charge < -0.3 is 15.4 Å². The molecule has 6 heteroatoms. The second-order valence-corrected chi connectivity index (χ2v) is 4.17. The normalized spacial score (nSPS) is 23.1. The lowest BCUT2D eigenvalue weighted by molar-refractivity contribution is -0.118. The molecule has 2 unspecified atom stereocenters. The molecule has 1 saturated heterocycles. The van der Waals surface area contributed by atoms with Crippen LogP contribution in [-0.2, 0) is 9.53 Å². The second-order valence-electron chi connectivity index (χ2n) is 4.17. The number of carbonyl (C=O) groups excluding carboxylic acids is 1. The van der Waals surface area contributed by atoms with E-state index in [1.54, 1.807) is 7.11 Å². The molecule has 98 valence electrons. The van der Waals surface area contributed by atoms with Crippen molar-refractivity contribution in [2.45, 2.75) is 18.6 Å². The van der Waals surface area contributed by atoms with E-state index < -0.39 is 11.6 Å². The number of amides is 1. The number of methoxy groups -OCH3 is 1. The van der Waals surface area contributed by atoms with Crippen LogP contribution in [-0.4, -0.2) is 31.7 Å². The van der Waals surface area contributed by atoms with Crippen molar-refractivity contribution in [2.24, 2.45) is 0 Å². The zero-order valence-corrected chi connectivity index (χ0v) is 9.87. The highest BCUT2D eigenvalue weighted by molar-refractivity contribution is 5.95. The number of ether oxygens (including phenoxy) is 1. The van der Waals surface area contributed by atoms with Crippen molar-refractivity contribution in [1.29, 1.82) is 0 Å². The van der Waals surface area contributed by atoms with E-state index in [4.69, 9.17) is 4.74 Å². The van der Waals surface area contributed by atoms with E-state index in [0.717, 1.165) is 12.1 Å². The van der Waals surface area contributed by atoms with Crippen LogP contribution in [0, 0.1) is 11.6 Å². The van der Waals surface area contributed by atoms with Gasteiger partial charge >= 0.3 is 0 Å². The Morgan fingerprint density at radius 3 is 2.83 bits per heavy atom. The number of hydrogen-bond donors (Lipinski definition) is 2. The molecule has 2 rings (SSSR count). The zero-order chi connectivity index (χ0) is 13.1. The molecule has 1 amide bonds. The zero-order valence-electron chi connectivity index (χ0n) is 9.87. The highest BCUT2D eigenvalue weighted by Gasteiger charge is 2.29. The summed E-state index contributed by atoms with van der Waals surface area (Å²) in [6.45, 7) is 0.604. The predicted molar refractivity (Wildman–Crippen MR) is 62.2 cm³/mol. The largest absolute Gasteiger partial charge is 0.380 e. The number of anilines is 1. The minimum atomic E-state index is -0.984. The van der Waals surface area contributed by atoms with E-state index in [-0.39, 0.29) is 23.7 Å². The predicted octanol–water partition coefficient (Wildman–Crippen LogP) is 1.28. The molecule has 0 aromatic heterocycles. The lowest BCUT2D eigenvalue weighted by atomic mass is 10.2. The van der Waals surface area contributed by atoms with Gasteiger partial charge in [0.1, 0.15) is 0 Å². The maximum absolute atomic E-state index is 13.0. The fraction of sp³-hybridized carbons (Fsp3) is 0.417. The summed E-state index contributed by atoms with van der Waals surface area (Å²) in [5, 5.41) is 5.53. The lowest BCUT2D eigenvalue weighted by Crippen LogP contribution is -2.35. The molecule has 0 saturated carbocycles. The van der Waals surface area contributed by atoms with Gasteiger partial charge in [-0.15, -0.1) is 0 Å². The highest BCUT2D eigenvalue weighted by atomic mass is 19.2. The Balaban J connectivity index is 1.97. The maximum Gasteiger partial charge on any atom is 0.241 e. The molecule has 4 nitrogen and oxygen atoms in total. The van der Waals surface area contributed by atoms with Gasteiger partial charge in [-0.2, -0.15) is 0 Å². The number of carbonyl (C=O) groups is 1. The van der Waals surface area contributed by atoms with Crippen molar-refractivity contribution in [3.63, 3.8) is 0 Å². The second kappa shape index (κ2) is 5.41. The van der Waals surface area contributed by atoms with E-state index in [0.29, 0.717) is 13.0 Å². The van der Waals surface area contributed by atoms with Crippen LogP contribution >= 0.6 is 0 Å². The fourth-order valence-corrected chi connectivity index (χ4v) is 1.89. The van der Waals surface area contributed by atoms with Crippen molar-refractivity contribution in [2.75, 3.05) is 19.0 Å². The third kappa shape index (κ3) is 2.83. The third-order valence-corrected chi connectivity index (χ3v) is 2.93. The first-order valence-corrected chi connectivity index (χ1v) is 5.62. The number of benzene rings is 1. The highest BCUT2D eigenvalue weighted by Crippen LogP contribution is 2.15. The molecular formula is C12H14F2N2O2. The van der Waals surface area contributed by atoms with E-state index >= 15 is 0 Å². The molecule has 0 aliphatic carbocycles. The number of nitrogens with one attached hydrogen (secondary N) is 2. The topological polar surface area (TPSA) is 50.4 Å². The molecule has 1 fully saturated rings. The summed E-state index contributed by atoms with van der Waals surface area (Å²) in [5.41, 5.74) is 0.238. The molecule has 0 radical (unpaired) electrons. The van der Waals surface area contributed by atoms with Crippen molar-refractivity contribution in [1.82, 2.24) is 5.32 Å². The van der Waals surface area contributed by atoms with Gasteiger partial charge in [0, 0.05) is 25.4 Å². The molecule has 0 bridgehead atoms. The van der Waals surface area contributed by atoms with Gasteiger partial charge in [-0.1, -0.05) is 0 Å². The molecule has 1 aliphatic heterocycles. The quantitative estimate of drug-likeness (QED) is 0.856. The summed E-state index contributed by atoms with van der Waals surface area (Å²) >= 11 is 0. The average molecular weight is 256 g/mol. The standard InChI is InChI=1S/C12H14F2N2O2/c1-18-8-5-11(15-6-8)12(17)16-7-2-3-9(13)10(14)4-7/h2-4,8,11,15H,5-6H2,1H3,(H,16,17). The molecule has 2 atom stereocenters. The van der Waals surface area contributed by atoms with Gasteiger partial charge in [-0.05, 0) is 18.6 Å². The van der Waals surface area contributed by atoms with Crippen LogP contribution in [0.25, 0.3) is 0 Å². The fourth-order valence-electron chi connectivity index (χ4n) is 1.89. The molecule has 1 aliphatic rings. The van der Waals surface area contributed by atoms with Gasteiger partial charge in [-0.3, -0.25) is 4.79 Å². The van der Waals surface area contributed by atoms with Crippen molar-refractivity contribution in [3.8, 4) is 0 Å². The van der Waals surface area contributed by atoms with Crippen LogP contribution in [0.1, 0.15) is 6.42 Å². The summed E-state index contributed by atoms with van der Waals surface area (Å²) in [4.78, 5) is 11.8. The summed E-state index contributed by atoms with van der Waals surface area (Å²) in [6.07, 6.45) is 0.567. The monoisotopic (exact) mass is 256 g/mol. The molecule has 1 aromatic rings. The smallest absolute Gasteiger partial charge is 0.241 e. The summed E-state index contributed by atoms with van der Waals surface area (Å²) < 4.78 is 30.8. The third-order valence-electron chi connectivity index (χ3n) is 2.93. The summed E-state index contributed by atoms with van der Waals surface area (Å²) in [7, 11) is 1.59. The first kappa shape index (κ1) is 12.9. The summed E-state index contributed by atoms with van der Waals surface area (Å²) in [6, 6.07) is 2.88. The Labute approximate surface area is 103 Å². The van der Waals surface area contributed by atoms with Crippen LogP contribution in [0.3, 0.4) is 0 Å². The van der Waals surface area contributed by atoms with Crippen molar-refractivity contribution < 1.29 is 18.3 Å². The van der Waals surface area contributed by atoms with Gasteiger partial charge in [0.15, 0.2) is 11.6 Å². The Morgan fingerprint density at radius 1 is 1.44 bits per heavy atom. The van der Waals surface area contributed by atoms with Crippen LogP contribution < -0.4 is 10.6 Å². The molecule has 2 N–H and O–H groups in total. The maximum atomic E-state index is 13.0. The minimum Gasteiger partial charge on any atom is -0.380 e. The van der Waals surface area contributed by atoms with Gasteiger partial charge in [0.2, 0.25) is 5.91 Å². The number of halogens is 2. The van der Waals surface area contributed by atoms with Crippen molar-refractivity contribution >= 4 is 11.6 Å². The van der Waals surface area contributed by atoms with E-state index in [1.807, 2.05) is 0 Å². The van der Waals surface area contributed by atoms with Crippen molar-refractivity contribution in [3.05, 3.63) is 29.8 Å². The number of rotatable bonds is 3. The van der Waals surface area contributed by atoms with Crippen LogP contribution in [0.4, 0.5) is 14.5 Å². The van der Waals surface area contributed by atoms with Gasteiger partial charge in [0.25, 0.3) is 0 Å². The van der Waals surface area contributed by atoms with E-state index in [9.17, 15) is 13.6 Å². The Bertz CT molecular complexity index is 454. The molecular weight excluding hydrogens is 242 g/mol. The molecule has 1 aromatic carbocycles. The molecule has 18 heavy (non-hydrogen) atoms. The minimum absolute atomic E-state index is 0.00528. The Hall–Kier alpha value is -1.53. The van der Waals surface area contributed by atoms with E-state index in [1.165, 1.54) is 6.07 Å². The average Bonchev–Trinajstić information content (AvgIpc) is 2.82. The number of hydrogen-bond acceptors (Lipinski definition) is 3. The lowest BCUT2D eigenvalue weighted by Gasteiger charge is -2.11. The molecule has 1 heterocycles. The van der Waals surface area contributed by atoms with Crippen LogP contribution in [0.15, 0.2) is 18.2 Å². The Morgan fingerprint density at radius 2 is 2.22 bits per heavy atom. The molecule has 0 spiro atoms. The van der Waals surface area contributed by atoms with Gasteiger partial charge in [0.05, 0.1) is 12.1 Å². The first-order chi connectivity index (χ1) is 8.60. The van der Waals surface area contributed by atoms with Crippen LogP contribution in [0.5, 0.6) is 0 Å².